The molecule has 1 fully saturated rings. The quantitative estimate of drug-likeness (QED) is 0.775. The second-order valence-corrected chi connectivity index (χ2v) is 7.94. The minimum atomic E-state index is -0.443. The zero-order valence-corrected chi connectivity index (χ0v) is 15.5. The first kappa shape index (κ1) is 18.3. The summed E-state index contributed by atoms with van der Waals surface area (Å²) in [6.07, 6.45) is 2.12. The molecule has 0 amide bonds. The first-order chi connectivity index (χ1) is 12.2. The van der Waals surface area contributed by atoms with Crippen LogP contribution in [0.25, 0.3) is 0 Å². The first-order valence-corrected chi connectivity index (χ1v) is 9.01. The van der Waals surface area contributed by atoms with Gasteiger partial charge in [-0.15, -0.1) is 0 Å². The average Bonchev–Trinajstić information content (AvgIpc) is 2.85. The van der Waals surface area contributed by atoms with Crippen molar-refractivity contribution in [2.24, 2.45) is 5.92 Å². The predicted molar refractivity (Wildman–Crippen MR) is 100 cm³/mol. The second kappa shape index (κ2) is 6.67. The number of carbonyl (C=O) groups excluding carboxylic acids is 1. The van der Waals surface area contributed by atoms with Gasteiger partial charge in [0, 0.05) is 11.3 Å². The van der Waals surface area contributed by atoms with Gasteiger partial charge in [0.15, 0.2) is 0 Å². The van der Waals surface area contributed by atoms with Crippen LogP contribution in [0.4, 0.5) is 0 Å². The van der Waals surface area contributed by atoms with Gasteiger partial charge in [-0.3, -0.25) is 4.79 Å². The Morgan fingerprint density at radius 3 is 1.85 bits per heavy atom. The van der Waals surface area contributed by atoms with Crippen molar-refractivity contribution in [3.63, 3.8) is 0 Å². The smallest absolute Gasteiger partial charge is 0.306 e. The zero-order chi connectivity index (χ0) is 18.9. The van der Waals surface area contributed by atoms with Crippen LogP contribution in [0.2, 0.25) is 0 Å². The van der Waals surface area contributed by atoms with E-state index in [4.69, 9.17) is 4.74 Å². The number of hydrogen-bond acceptors (Lipinski definition) is 4. The molecule has 2 aromatic carbocycles. The molecule has 1 saturated heterocycles. The number of benzene rings is 2. The van der Waals surface area contributed by atoms with Crippen molar-refractivity contribution in [2.75, 3.05) is 0 Å². The molecule has 0 radical (unpaired) electrons. The summed E-state index contributed by atoms with van der Waals surface area (Å²) in [7, 11) is 0. The van der Waals surface area contributed by atoms with Gasteiger partial charge in [-0.2, -0.15) is 0 Å². The van der Waals surface area contributed by atoms with Gasteiger partial charge in [0.2, 0.25) is 0 Å². The lowest BCUT2D eigenvalue weighted by atomic mass is 9.70. The van der Waals surface area contributed by atoms with Gasteiger partial charge in [-0.05, 0) is 62.1 Å². The van der Waals surface area contributed by atoms with E-state index in [9.17, 15) is 15.0 Å². The number of rotatable bonds is 5. The maximum atomic E-state index is 11.7. The molecule has 0 bridgehead atoms. The van der Waals surface area contributed by atoms with Crippen LogP contribution < -0.4 is 0 Å². The Labute approximate surface area is 154 Å². The normalized spacial score (nSPS) is 19.3. The lowest BCUT2D eigenvalue weighted by Gasteiger charge is -2.34. The third-order valence-electron chi connectivity index (χ3n) is 5.77. The summed E-state index contributed by atoms with van der Waals surface area (Å²) in [6, 6.07) is 14.5. The highest BCUT2D eigenvalue weighted by Crippen LogP contribution is 2.42. The molecule has 4 nitrogen and oxygen atoms in total. The predicted octanol–water partition coefficient (Wildman–Crippen LogP) is 4.53. The Hall–Kier alpha value is -2.49. The van der Waals surface area contributed by atoms with Crippen molar-refractivity contribution in [3.8, 4) is 11.5 Å². The van der Waals surface area contributed by atoms with Crippen molar-refractivity contribution in [2.45, 2.75) is 51.0 Å². The van der Waals surface area contributed by atoms with E-state index >= 15 is 0 Å². The second-order valence-electron chi connectivity index (χ2n) is 7.94. The van der Waals surface area contributed by atoms with Crippen LogP contribution in [0.1, 0.15) is 51.2 Å². The topological polar surface area (TPSA) is 66.8 Å². The Morgan fingerprint density at radius 1 is 1.00 bits per heavy atom. The summed E-state index contributed by atoms with van der Waals surface area (Å²) in [5.41, 5.74) is 1.43. The van der Waals surface area contributed by atoms with E-state index in [0.717, 1.165) is 24.0 Å². The Morgan fingerprint density at radius 2 is 1.46 bits per heavy atom. The molecule has 0 spiro atoms. The standard InChI is InChI=1S/C22H26O4/c1-21(2)17(14-20(25)26-21)12-13-22(3,15-4-8-18(23)9-5-15)16-6-10-19(24)11-7-16/h4-11,17,23-24H,12-14H2,1-3H3. The van der Waals surface area contributed by atoms with Crippen LogP contribution >= 0.6 is 0 Å². The number of phenolic OH excluding ortho intramolecular Hbond substituents is 2. The van der Waals surface area contributed by atoms with Crippen molar-refractivity contribution in [1.29, 1.82) is 0 Å². The maximum Gasteiger partial charge on any atom is 0.306 e. The van der Waals surface area contributed by atoms with Crippen molar-refractivity contribution in [3.05, 3.63) is 59.7 Å². The van der Waals surface area contributed by atoms with Gasteiger partial charge < -0.3 is 14.9 Å². The largest absolute Gasteiger partial charge is 0.508 e. The van der Waals surface area contributed by atoms with E-state index in [1.54, 1.807) is 24.3 Å². The van der Waals surface area contributed by atoms with Crippen molar-refractivity contribution < 1.29 is 19.7 Å². The van der Waals surface area contributed by atoms with Gasteiger partial charge in [-0.25, -0.2) is 0 Å². The average molecular weight is 354 g/mol. The first-order valence-electron chi connectivity index (χ1n) is 9.01. The third-order valence-corrected chi connectivity index (χ3v) is 5.77. The number of cyclic esters (lactones) is 1. The lowest BCUT2D eigenvalue weighted by Crippen LogP contribution is -2.30. The van der Waals surface area contributed by atoms with Gasteiger partial charge in [0.25, 0.3) is 0 Å². The molecule has 1 aliphatic heterocycles. The van der Waals surface area contributed by atoms with Crippen molar-refractivity contribution >= 4 is 5.97 Å². The molecule has 0 saturated carbocycles. The third kappa shape index (κ3) is 3.55. The Bertz CT molecular complexity index is 729. The van der Waals surface area contributed by atoms with Crippen LogP contribution in [-0.4, -0.2) is 21.8 Å². The number of aromatic hydroxyl groups is 2. The van der Waals surface area contributed by atoms with E-state index in [-0.39, 0.29) is 28.8 Å². The number of esters is 1. The molecule has 1 heterocycles. The fourth-order valence-corrected chi connectivity index (χ4v) is 3.89. The highest BCUT2D eigenvalue weighted by atomic mass is 16.6. The van der Waals surface area contributed by atoms with E-state index in [1.165, 1.54) is 0 Å². The van der Waals surface area contributed by atoms with Crippen LogP contribution in [0.5, 0.6) is 11.5 Å². The van der Waals surface area contributed by atoms with Crippen molar-refractivity contribution in [1.82, 2.24) is 0 Å². The maximum absolute atomic E-state index is 11.7. The molecule has 1 aliphatic rings. The summed E-state index contributed by atoms with van der Waals surface area (Å²) in [6.45, 7) is 6.11. The highest BCUT2D eigenvalue weighted by Gasteiger charge is 2.42. The molecular weight excluding hydrogens is 328 g/mol. The van der Waals surface area contributed by atoms with E-state index in [1.807, 2.05) is 38.1 Å². The lowest BCUT2D eigenvalue weighted by molar-refractivity contribution is -0.146. The molecule has 138 valence electrons. The summed E-state index contributed by atoms with van der Waals surface area (Å²) < 4.78 is 5.46. The molecule has 2 aromatic rings. The number of carbonyl (C=O) groups is 1. The number of hydrogen-bond donors (Lipinski definition) is 2. The molecule has 0 aliphatic carbocycles. The van der Waals surface area contributed by atoms with Gasteiger partial charge >= 0.3 is 5.97 Å². The number of phenols is 2. The van der Waals surface area contributed by atoms with E-state index in [0.29, 0.717) is 6.42 Å². The van der Waals surface area contributed by atoms with Crippen LogP contribution in [0.3, 0.4) is 0 Å². The van der Waals surface area contributed by atoms with Gasteiger partial charge in [-0.1, -0.05) is 31.2 Å². The summed E-state index contributed by atoms with van der Waals surface area (Å²) in [5.74, 6) is 0.509. The van der Waals surface area contributed by atoms with Crippen LogP contribution in [-0.2, 0) is 14.9 Å². The Balaban J connectivity index is 1.92. The molecule has 1 atom stereocenters. The van der Waals surface area contributed by atoms with E-state index in [2.05, 4.69) is 6.92 Å². The summed E-state index contributed by atoms with van der Waals surface area (Å²) in [5, 5.41) is 19.3. The summed E-state index contributed by atoms with van der Waals surface area (Å²) >= 11 is 0. The molecule has 2 N–H and O–H groups in total. The fraction of sp³-hybridized carbons (Fsp3) is 0.409. The van der Waals surface area contributed by atoms with Crippen LogP contribution in [0.15, 0.2) is 48.5 Å². The molecule has 0 aromatic heterocycles. The Kier molecular flexibility index (Phi) is 4.70. The molecule has 1 unspecified atom stereocenters. The summed E-state index contributed by atoms with van der Waals surface area (Å²) in [4.78, 5) is 11.7. The zero-order valence-electron chi connectivity index (χ0n) is 15.5. The van der Waals surface area contributed by atoms with Gasteiger partial charge in [0.1, 0.15) is 17.1 Å². The minimum absolute atomic E-state index is 0.129. The van der Waals surface area contributed by atoms with E-state index < -0.39 is 5.60 Å². The number of ether oxygens (including phenoxy) is 1. The SMILES string of the molecule is CC(CCC1CC(=O)OC1(C)C)(c1ccc(O)cc1)c1ccc(O)cc1. The monoisotopic (exact) mass is 354 g/mol. The van der Waals surface area contributed by atoms with Crippen LogP contribution in [0, 0.1) is 5.92 Å². The molecule has 3 rings (SSSR count). The molecule has 4 heteroatoms. The van der Waals surface area contributed by atoms with Gasteiger partial charge in [0.05, 0.1) is 6.42 Å². The highest BCUT2D eigenvalue weighted by molar-refractivity contribution is 5.72. The molecule has 26 heavy (non-hydrogen) atoms. The molecular formula is C22H26O4. The fourth-order valence-electron chi connectivity index (χ4n) is 3.89. The minimum Gasteiger partial charge on any atom is -0.508 e.